The summed E-state index contributed by atoms with van der Waals surface area (Å²) in [5, 5.41) is 3.51. The van der Waals surface area contributed by atoms with Crippen molar-refractivity contribution in [1.29, 1.82) is 0 Å². The molecule has 0 aromatic rings. The monoisotopic (exact) mass is 165 g/mol. The lowest BCUT2D eigenvalue weighted by Crippen LogP contribution is -2.35. The van der Waals surface area contributed by atoms with Gasteiger partial charge in [0.1, 0.15) is 0 Å². The van der Waals surface area contributed by atoms with Crippen LogP contribution in [0.5, 0.6) is 0 Å². The molecule has 3 atom stereocenters. The Kier molecular flexibility index (Phi) is 3.62. The van der Waals surface area contributed by atoms with Gasteiger partial charge in [-0.05, 0) is 31.6 Å². The van der Waals surface area contributed by atoms with Crippen LogP contribution in [0, 0.1) is 18.3 Å². The molecule has 0 amide bonds. The summed E-state index contributed by atoms with van der Waals surface area (Å²) in [7, 11) is 0. The number of terminal acetylenes is 1. The molecule has 68 valence electrons. The van der Waals surface area contributed by atoms with Crippen LogP contribution in [0.25, 0.3) is 0 Å². The molecule has 0 saturated heterocycles. The van der Waals surface area contributed by atoms with Crippen molar-refractivity contribution in [2.75, 3.05) is 0 Å². The molecule has 1 fully saturated rings. The zero-order valence-electron chi connectivity index (χ0n) is 8.14. The van der Waals surface area contributed by atoms with Crippen LogP contribution in [0.3, 0.4) is 0 Å². The summed E-state index contributed by atoms with van der Waals surface area (Å²) in [5.41, 5.74) is 0. The van der Waals surface area contributed by atoms with Gasteiger partial charge in [0, 0.05) is 6.04 Å². The van der Waals surface area contributed by atoms with E-state index in [9.17, 15) is 0 Å². The lowest BCUT2D eigenvalue weighted by molar-refractivity contribution is 0.463. The first-order valence-corrected chi connectivity index (χ1v) is 4.98. The van der Waals surface area contributed by atoms with Crippen LogP contribution in [-0.4, -0.2) is 12.1 Å². The van der Waals surface area contributed by atoms with Crippen LogP contribution in [0.2, 0.25) is 0 Å². The second kappa shape index (κ2) is 4.52. The van der Waals surface area contributed by atoms with Gasteiger partial charge in [0.15, 0.2) is 0 Å². The maximum Gasteiger partial charge on any atom is 0.0686 e. The highest BCUT2D eigenvalue weighted by Gasteiger charge is 2.22. The molecule has 1 heteroatoms. The molecular formula is C11H19N. The second-order valence-electron chi connectivity index (χ2n) is 3.91. The molecule has 0 aromatic heterocycles. The number of nitrogens with one attached hydrogen (secondary N) is 1. The van der Waals surface area contributed by atoms with Crippen LogP contribution >= 0.6 is 0 Å². The second-order valence-corrected chi connectivity index (χ2v) is 3.91. The minimum atomic E-state index is 0.292. The van der Waals surface area contributed by atoms with E-state index in [4.69, 9.17) is 6.42 Å². The van der Waals surface area contributed by atoms with Crippen molar-refractivity contribution in [3.8, 4) is 12.3 Å². The predicted molar refractivity (Wildman–Crippen MR) is 52.9 cm³/mol. The lowest BCUT2D eigenvalue weighted by Gasteiger charge is -2.16. The molecule has 0 heterocycles. The van der Waals surface area contributed by atoms with Gasteiger partial charge in [0.05, 0.1) is 6.04 Å². The molecule has 1 rings (SSSR count). The summed E-state index contributed by atoms with van der Waals surface area (Å²) in [5.74, 6) is 3.67. The fourth-order valence-corrected chi connectivity index (χ4v) is 1.93. The third-order valence-electron chi connectivity index (χ3n) is 2.74. The molecule has 1 N–H and O–H groups in total. The first-order valence-electron chi connectivity index (χ1n) is 4.98. The molecule has 1 nitrogen and oxygen atoms in total. The number of hydrogen-bond donors (Lipinski definition) is 1. The zero-order chi connectivity index (χ0) is 8.97. The van der Waals surface area contributed by atoms with Crippen LogP contribution < -0.4 is 5.32 Å². The minimum Gasteiger partial charge on any atom is -0.301 e. The Hall–Kier alpha value is -0.480. The minimum absolute atomic E-state index is 0.292. The van der Waals surface area contributed by atoms with E-state index in [1.54, 1.807) is 0 Å². The Bertz CT molecular complexity index is 168. The normalized spacial score (nSPS) is 31.4. The van der Waals surface area contributed by atoms with E-state index in [-0.39, 0.29) is 0 Å². The standard InChI is InChI=1S/C11H19N/c1-4-10(5-2)12-11-7-6-9(3)8-11/h1,9-12H,5-8H2,2-3H3. The largest absolute Gasteiger partial charge is 0.301 e. The molecule has 0 spiro atoms. The van der Waals surface area contributed by atoms with Crippen molar-refractivity contribution in [1.82, 2.24) is 5.32 Å². The fraction of sp³-hybridized carbons (Fsp3) is 0.818. The summed E-state index contributed by atoms with van der Waals surface area (Å²) in [6.07, 6.45) is 10.4. The summed E-state index contributed by atoms with van der Waals surface area (Å²) < 4.78 is 0. The average molecular weight is 165 g/mol. The molecular weight excluding hydrogens is 146 g/mol. The molecule has 12 heavy (non-hydrogen) atoms. The summed E-state index contributed by atoms with van der Waals surface area (Å²) in [6, 6.07) is 0.973. The molecule has 0 aliphatic heterocycles. The molecule has 1 aliphatic carbocycles. The van der Waals surface area contributed by atoms with E-state index in [1.165, 1.54) is 19.3 Å². The van der Waals surface area contributed by atoms with Crippen LogP contribution in [0.1, 0.15) is 39.5 Å². The summed E-state index contributed by atoms with van der Waals surface area (Å²) in [4.78, 5) is 0. The maximum absolute atomic E-state index is 5.38. The Morgan fingerprint density at radius 2 is 2.33 bits per heavy atom. The van der Waals surface area contributed by atoms with E-state index >= 15 is 0 Å². The highest BCUT2D eigenvalue weighted by atomic mass is 14.9. The van der Waals surface area contributed by atoms with Gasteiger partial charge in [0.25, 0.3) is 0 Å². The number of hydrogen-bond acceptors (Lipinski definition) is 1. The van der Waals surface area contributed by atoms with Gasteiger partial charge in [-0.15, -0.1) is 6.42 Å². The van der Waals surface area contributed by atoms with E-state index in [1.807, 2.05) is 0 Å². The third kappa shape index (κ3) is 2.53. The van der Waals surface area contributed by atoms with E-state index < -0.39 is 0 Å². The zero-order valence-corrected chi connectivity index (χ0v) is 8.14. The Morgan fingerprint density at radius 1 is 1.58 bits per heavy atom. The van der Waals surface area contributed by atoms with Gasteiger partial charge >= 0.3 is 0 Å². The summed E-state index contributed by atoms with van der Waals surface area (Å²) >= 11 is 0. The Labute approximate surface area is 75.9 Å². The van der Waals surface area contributed by atoms with E-state index in [2.05, 4.69) is 25.1 Å². The third-order valence-corrected chi connectivity index (χ3v) is 2.74. The van der Waals surface area contributed by atoms with Crippen molar-refractivity contribution < 1.29 is 0 Å². The molecule has 0 aromatic carbocycles. The maximum atomic E-state index is 5.38. The van der Waals surface area contributed by atoms with Gasteiger partial charge in [0.2, 0.25) is 0 Å². The first-order chi connectivity index (χ1) is 5.76. The van der Waals surface area contributed by atoms with Crippen molar-refractivity contribution >= 4 is 0 Å². The SMILES string of the molecule is C#CC(CC)NC1CCC(C)C1. The number of rotatable bonds is 3. The molecule has 1 aliphatic rings. The van der Waals surface area contributed by atoms with E-state index in [0.717, 1.165) is 12.3 Å². The topological polar surface area (TPSA) is 12.0 Å². The summed E-state index contributed by atoms with van der Waals surface area (Å²) in [6.45, 7) is 4.45. The van der Waals surface area contributed by atoms with Gasteiger partial charge in [-0.1, -0.05) is 19.8 Å². The Morgan fingerprint density at radius 3 is 2.75 bits per heavy atom. The van der Waals surface area contributed by atoms with Crippen molar-refractivity contribution in [3.63, 3.8) is 0 Å². The molecule has 0 radical (unpaired) electrons. The lowest BCUT2D eigenvalue weighted by atomic mass is 10.1. The average Bonchev–Trinajstić information content (AvgIpc) is 2.47. The predicted octanol–water partition coefficient (Wildman–Crippen LogP) is 2.18. The molecule has 0 bridgehead atoms. The first kappa shape index (κ1) is 9.61. The van der Waals surface area contributed by atoms with Gasteiger partial charge in [-0.2, -0.15) is 0 Å². The molecule has 1 saturated carbocycles. The van der Waals surface area contributed by atoms with Gasteiger partial charge in [-0.3, -0.25) is 0 Å². The fourth-order valence-electron chi connectivity index (χ4n) is 1.93. The van der Waals surface area contributed by atoms with Gasteiger partial charge < -0.3 is 5.32 Å². The Balaban J connectivity index is 2.27. The highest BCUT2D eigenvalue weighted by Crippen LogP contribution is 2.24. The van der Waals surface area contributed by atoms with Crippen molar-refractivity contribution in [3.05, 3.63) is 0 Å². The van der Waals surface area contributed by atoms with Crippen LogP contribution in [0.4, 0.5) is 0 Å². The van der Waals surface area contributed by atoms with Crippen molar-refractivity contribution in [2.45, 2.75) is 51.6 Å². The highest BCUT2D eigenvalue weighted by molar-refractivity contribution is 4.99. The smallest absolute Gasteiger partial charge is 0.0686 e. The van der Waals surface area contributed by atoms with Crippen molar-refractivity contribution in [2.24, 2.45) is 5.92 Å². The quantitative estimate of drug-likeness (QED) is 0.632. The van der Waals surface area contributed by atoms with Gasteiger partial charge in [-0.25, -0.2) is 0 Å². The molecule has 3 unspecified atom stereocenters. The van der Waals surface area contributed by atoms with Crippen LogP contribution in [0.15, 0.2) is 0 Å². The van der Waals surface area contributed by atoms with Crippen LogP contribution in [-0.2, 0) is 0 Å². The van der Waals surface area contributed by atoms with E-state index in [0.29, 0.717) is 12.1 Å².